The molecule has 0 saturated carbocycles. The van der Waals surface area contributed by atoms with E-state index in [0.717, 1.165) is 16.7 Å². The SMILES string of the molecule is CCOc1c(C)c(C(C)(C)C(C)=C(C)C)c(C)c(C)c1O. The van der Waals surface area contributed by atoms with Crippen LogP contribution in [0.25, 0.3) is 0 Å². The molecule has 1 aromatic carbocycles. The Bertz CT molecular complexity index is 574. The summed E-state index contributed by atoms with van der Waals surface area (Å²) in [6.45, 7) is 19.6. The van der Waals surface area contributed by atoms with E-state index in [4.69, 9.17) is 4.74 Å². The molecule has 0 amide bonds. The van der Waals surface area contributed by atoms with Crippen molar-refractivity contribution in [3.8, 4) is 11.5 Å². The van der Waals surface area contributed by atoms with E-state index >= 15 is 0 Å². The number of aromatic hydroxyl groups is 1. The molecule has 0 fully saturated rings. The number of phenolic OH excluding ortho intramolecular Hbond substituents is 1. The number of hydrogen-bond acceptors (Lipinski definition) is 2. The maximum atomic E-state index is 10.4. The lowest BCUT2D eigenvalue weighted by Gasteiger charge is -2.33. The minimum atomic E-state index is -0.0860. The van der Waals surface area contributed by atoms with Crippen LogP contribution < -0.4 is 4.74 Å². The maximum Gasteiger partial charge on any atom is 0.164 e. The lowest BCUT2D eigenvalue weighted by atomic mass is 9.72. The van der Waals surface area contributed by atoms with E-state index in [1.807, 2.05) is 20.8 Å². The monoisotopic (exact) mass is 290 g/mol. The van der Waals surface area contributed by atoms with E-state index in [-0.39, 0.29) is 11.2 Å². The van der Waals surface area contributed by atoms with Gasteiger partial charge in [-0.2, -0.15) is 0 Å². The summed E-state index contributed by atoms with van der Waals surface area (Å²) in [6, 6.07) is 0. The molecule has 118 valence electrons. The Balaban J connectivity index is 3.76. The van der Waals surface area contributed by atoms with Crippen molar-refractivity contribution in [3.05, 3.63) is 33.4 Å². The highest BCUT2D eigenvalue weighted by Crippen LogP contribution is 2.45. The van der Waals surface area contributed by atoms with Crippen molar-refractivity contribution in [3.63, 3.8) is 0 Å². The van der Waals surface area contributed by atoms with E-state index in [0.29, 0.717) is 12.4 Å². The Morgan fingerprint density at radius 1 is 1.00 bits per heavy atom. The molecule has 1 rings (SSSR count). The maximum absolute atomic E-state index is 10.4. The van der Waals surface area contributed by atoms with Gasteiger partial charge in [0, 0.05) is 5.41 Å². The van der Waals surface area contributed by atoms with E-state index < -0.39 is 0 Å². The molecule has 2 heteroatoms. The molecule has 2 nitrogen and oxygen atoms in total. The van der Waals surface area contributed by atoms with Crippen LogP contribution in [0.15, 0.2) is 11.1 Å². The van der Waals surface area contributed by atoms with Crippen molar-refractivity contribution in [1.82, 2.24) is 0 Å². The van der Waals surface area contributed by atoms with Crippen LogP contribution in [0, 0.1) is 20.8 Å². The predicted molar refractivity (Wildman–Crippen MR) is 90.6 cm³/mol. The number of benzene rings is 1. The molecule has 1 N–H and O–H groups in total. The third kappa shape index (κ3) is 2.95. The summed E-state index contributed by atoms with van der Waals surface area (Å²) < 4.78 is 5.71. The van der Waals surface area contributed by atoms with Gasteiger partial charge in [0.05, 0.1) is 6.61 Å². The molecule has 0 heterocycles. The van der Waals surface area contributed by atoms with Gasteiger partial charge in [-0.25, -0.2) is 0 Å². The van der Waals surface area contributed by atoms with E-state index in [2.05, 4.69) is 41.5 Å². The summed E-state index contributed by atoms with van der Waals surface area (Å²) in [6.07, 6.45) is 0. The minimum absolute atomic E-state index is 0.0860. The highest BCUT2D eigenvalue weighted by atomic mass is 16.5. The summed E-state index contributed by atoms with van der Waals surface area (Å²) >= 11 is 0. The molecule has 0 aromatic heterocycles. The van der Waals surface area contributed by atoms with Gasteiger partial charge in [0.15, 0.2) is 11.5 Å². The first-order valence-corrected chi connectivity index (χ1v) is 7.67. The van der Waals surface area contributed by atoms with Crippen LogP contribution in [0.5, 0.6) is 11.5 Å². The lowest BCUT2D eigenvalue weighted by Crippen LogP contribution is -2.23. The summed E-state index contributed by atoms with van der Waals surface area (Å²) in [4.78, 5) is 0. The number of hydrogen-bond donors (Lipinski definition) is 1. The molecule has 21 heavy (non-hydrogen) atoms. The summed E-state index contributed by atoms with van der Waals surface area (Å²) in [7, 11) is 0. The van der Waals surface area contributed by atoms with Crippen molar-refractivity contribution in [1.29, 1.82) is 0 Å². The Morgan fingerprint density at radius 3 is 1.95 bits per heavy atom. The molecular weight excluding hydrogens is 260 g/mol. The standard InChI is InChI=1S/C19H30O2/c1-10-21-18-14(6)16(12(4)13(5)17(18)20)19(8,9)15(7)11(2)3/h20H,10H2,1-9H3. The number of rotatable bonds is 4. The molecule has 0 bridgehead atoms. The lowest BCUT2D eigenvalue weighted by molar-refractivity contribution is 0.313. The van der Waals surface area contributed by atoms with Gasteiger partial charge in [0.25, 0.3) is 0 Å². The molecule has 0 radical (unpaired) electrons. The van der Waals surface area contributed by atoms with E-state index in [9.17, 15) is 5.11 Å². The minimum Gasteiger partial charge on any atom is -0.504 e. The molecule has 0 aliphatic carbocycles. The van der Waals surface area contributed by atoms with Gasteiger partial charge in [0.1, 0.15) is 0 Å². The van der Waals surface area contributed by atoms with Crippen molar-refractivity contribution < 1.29 is 9.84 Å². The van der Waals surface area contributed by atoms with Gasteiger partial charge in [0.2, 0.25) is 0 Å². The zero-order valence-corrected chi connectivity index (χ0v) is 15.1. The summed E-state index contributed by atoms with van der Waals surface area (Å²) in [5, 5.41) is 10.4. The zero-order chi connectivity index (χ0) is 16.5. The average Bonchev–Trinajstić information content (AvgIpc) is 2.40. The van der Waals surface area contributed by atoms with Gasteiger partial charge in [-0.05, 0) is 70.7 Å². The second kappa shape index (κ2) is 6.13. The zero-order valence-electron chi connectivity index (χ0n) is 15.1. The van der Waals surface area contributed by atoms with Gasteiger partial charge in [-0.15, -0.1) is 0 Å². The summed E-state index contributed by atoms with van der Waals surface area (Å²) in [5.74, 6) is 0.909. The smallest absolute Gasteiger partial charge is 0.164 e. The number of ether oxygens (including phenoxy) is 1. The molecule has 0 atom stereocenters. The van der Waals surface area contributed by atoms with Crippen molar-refractivity contribution >= 4 is 0 Å². The van der Waals surface area contributed by atoms with Crippen LogP contribution in [0.1, 0.15) is 63.8 Å². The largest absolute Gasteiger partial charge is 0.504 e. The fourth-order valence-corrected chi connectivity index (χ4v) is 3.18. The topological polar surface area (TPSA) is 29.5 Å². The van der Waals surface area contributed by atoms with Crippen LogP contribution in [0.3, 0.4) is 0 Å². The molecular formula is C19H30O2. The third-order valence-electron chi connectivity index (χ3n) is 4.82. The normalized spacial score (nSPS) is 11.5. The van der Waals surface area contributed by atoms with Gasteiger partial charge < -0.3 is 9.84 Å². The molecule has 0 aliphatic rings. The number of phenols is 1. The molecule has 0 unspecified atom stereocenters. The molecule has 1 aromatic rings. The van der Waals surface area contributed by atoms with Gasteiger partial charge >= 0.3 is 0 Å². The second-order valence-corrected chi connectivity index (χ2v) is 6.61. The summed E-state index contributed by atoms with van der Waals surface area (Å²) in [5.41, 5.74) is 6.98. The van der Waals surface area contributed by atoms with Crippen LogP contribution in [-0.2, 0) is 5.41 Å². The Kier molecular flexibility index (Phi) is 5.14. The first-order chi connectivity index (χ1) is 9.57. The molecule has 0 aliphatic heterocycles. The fraction of sp³-hybridized carbons (Fsp3) is 0.579. The Labute approximate surface area is 129 Å². The second-order valence-electron chi connectivity index (χ2n) is 6.61. The quantitative estimate of drug-likeness (QED) is 0.757. The molecule has 0 spiro atoms. The van der Waals surface area contributed by atoms with Crippen LogP contribution in [-0.4, -0.2) is 11.7 Å². The first-order valence-electron chi connectivity index (χ1n) is 7.67. The van der Waals surface area contributed by atoms with E-state index in [1.165, 1.54) is 16.7 Å². The van der Waals surface area contributed by atoms with Crippen LogP contribution in [0.2, 0.25) is 0 Å². The van der Waals surface area contributed by atoms with Crippen LogP contribution >= 0.6 is 0 Å². The average molecular weight is 290 g/mol. The van der Waals surface area contributed by atoms with Crippen molar-refractivity contribution in [2.45, 2.75) is 67.7 Å². The van der Waals surface area contributed by atoms with E-state index in [1.54, 1.807) is 0 Å². The first kappa shape index (κ1) is 17.6. The van der Waals surface area contributed by atoms with Gasteiger partial charge in [-0.3, -0.25) is 0 Å². The predicted octanol–water partition coefficient (Wildman–Crippen LogP) is 5.35. The van der Waals surface area contributed by atoms with Crippen molar-refractivity contribution in [2.24, 2.45) is 0 Å². The van der Waals surface area contributed by atoms with Gasteiger partial charge in [-0.1, -0.05) is 25.0 Å². The molecule has 0 saturated heterocycles. The highest BCUT2D eigenvalue weighted by molar-refractivity contribution is 5.61. The highest BCUT2D eigenvalue weighted by Gasteiger charge is 2.31. The Morgan fingerprint density at radius 2 is 1.52 bits per heavy atom. The number of allylic oxidation sites excluding steroid dienone is 2. The Hall–Kier alpha value is -1.44. The fourth-order valence-electron chi connectivity index (χ4n) is 3.18. The van der Waals surface area contributed by atoms with Crippen molar-refractivity contribution in [2.75, 3.05) is 6.61 Å². The van der Waals surface area contributed by atoms with Crippen LogP contribution in [0.4, 0.5) is 0 Å². The third-order valence-corrected chi connectivity index (χ3v) is 4.82.